The number of benzene rings is 1. The maximum atomic E-state index is 13.9. The van der Waals surface area contributed by atoms with Crippen molar-refractivity contribution in [3.63, 3.8) is 0 Å². The molecule has 0 atom stereocenters. The van der Waals surface area contributed by atoms with Crippen LogP contribution in [0.25, 0.3) is 5.65 Å². The molecule has 0 bridgehead atoms. The van der Waals surface area contributed by atoms with E-state index < -0.39 is 11.8 Å². The summed E-state index contributed by atoms with van der Waals surface area (Å²) in [4.78, 5) is 17.3. The monoisotopic (exact) mass is 285 g/mol. The quantitative estimate of drug-likeness (QED) is 0.804. The molecule has 0 saturated heterocycles. The summed E-state index contributed by atoms with van der Waals surface area (Å²) in [6, 6.07) is 11.3. The SMILES string of the molecule is CN(c1ccccc1F)c1nc2ccccn2c1C(=O)O. The number of hydrogen-bond acceptors (Lipinski definition) is 3. The van der Waals surface area contributed by atoms with Crippen molar-refractivity contribution in [2.45, 2.75) is 0 Å². The number of carbonyl (C=O) groups is 1. The highest BCUT2D eigenvalue weighted by molar-refractivity contribution is 5.94. The van der Waals surface area contributed by atoms with E-state index in [0.29, 0.717) is 5.65 Å². The van der Waals surface area contributed by atoms with Gasteiger partial charge in [0.1, 0.15) is 11.5 Å². The van der Waals surface area contributed by atoms with E-state index in [9.17, 15) is 14.3 Å². The fourth-order valence-electron chi connectivity index (χ4n) is 2.25. The minimum Gasteiger partial charge on any atom is -0.476 e. The van der Waals surface area contributed by atoms with Gasteiger partial charge in [-0.1, -0.05) is 18.2 Å². The van der Waals surface area contributed by atoms with Crippen molar-refractivity contribution in [3.8, 4) is 0 Å². The lowest BCUT2D eigenvalue weighted by Crippen LogP contribution is -2.16. The van der Waals surface area contributed by atoms with Crippen LogP contribution < -0.4 is 4.90 Å². The Balaban J connectivity index is 2.22. The molecule has 2 heterocycles. The molecular weight excluding hydrogens is 273 g/mol. The summed E-state index contributed by atoms with van der Waals surface area (Å²) >= 11 is 0. The van der Waals surface area contributed by atoms with Gasteiger partial charge in [0.15, 0.2) is 11.5 Å². The van der Waals surface area contributed by atoms with Crippen molar-refractivity contribution in [1.82, 2.24) is 9.38 Å². The van der Waals surface area contributed by atoms with Crippen LogP contribution in [-0.4, -0.2) is 27.5 Å². The van der Waals surface area contributed by atoms with Crippen molar-refractivity contribution < 1.29 is 14.3 Å². The molecule has 6 heteroatoms. The lowest BCUT2D eigenvalue weighted by Gasteiger charge is -2.18. The predicted molar refractivity (Wildman–Crippen MR) is 76.6 cm³/mol. The number of hydrogen-bond donors (Lipinski definition) is 1. The van der Waals surface area contributed by atoms with Gasteiger partial charge in [-0.25, -0.2) is 14.2 Å². The molecule has 2 aromatic heterocycles. The van der Waals surface area contributed by atoms with Crippen molar-refractivity contribution in [3.05, 3.63) is 60.2 Å². The summed E-state index contributed by atoms with van der Waals surface area (Å²) in [5.74, 6) is -1.36. The normalized spacial score (nSPS) is 10.8. The third-order valence-electron chi connectivity index (χ3n) is 3.25. The smallest absolute Gasteiger partial charge is 0.356 e. The number of pyridine rings is 1. The Morgan fingerprint density at radius 3 is 2.67 bits per heavy atom. The van der Waals surface area contributed by atoms with Gasteiger partial charge in [0, 0.05) is 13.2 Å². The zero-order valence-electron chi connectivity index (χ0n) is 11.2. The number of nitrogens with zero attached hydrogens (tertiary/aromatic N) is 3. The summed E-state index contributed by atoms with van der Waals surface area (Å²) in [6.45, 7) is 0. The van der Waals surface area contributed by atoms with E-state index in [1.807, 2.05) is 0 Å². The van der Waals surface area contributed by atoms with Crippen molar-refractivity contribution in [1.29, 1.82) is 0 Å². The highest BCUT2D eigenvalue weighted by Gasteiger charge is 2.23. The molecule has 106 valence electrons. The first-order chi connectivity index (χ1) is 10.1. The van der Waals surface area contributed by atoms with Crippen molar-refractivity contribution in [2.75, 3.05) is 11.9 Å². The van der Waals surface area contributed by atoms with E-state index >= 15 is 0 Å². The van der Waals surface area contributed by atoms with E-state index in [4.69, 9.17) is 0 Å². The minimum atomic E-state index is -1.12. The first-order valence-electron chi connectivity index (χ1n) is 6.28. The summed E-state index contributed by atoms with van der Waals surface area (Å²) < 4.78 is 15.4. The maximum absolute atomic E-state index is 13.9. The Morgan fingerprint density at radius 2 is 1.95 bits per heavy atom. The van der Waals surface area contributed by atoms with Crippen molar-refractivity contribution in [2.24, 2.45) is 0 Å². The van der Waals surface area contributed by atoms with Crippen LogP contribution in [0.4, 0.5) is 15.9 Å². The van der Waals surface area contributed by atoms with Gasteiger partial charge in [0.05, 0.1) is 5.69 Å². The number of halogens is 1. The number of fused-ring (bicyclic) bond motifs is 1. The molecule has 21 heavy (non-hydrogen) atoms. The third kappa shape index (κ3) is 2.10. The van der Waals surface area contributed by atoms with Crippen LogP contribution >= 0.6 is 0 Å². The molecule has 0 aliphatic carbocycles. The van der Waals surface area contributed by atoms with Gasteiger partial charge >= 0.3 is 5.97 Å². The molecule has 3 aromatic rings. The predicted octanol–water partition coefficient (Wildman–Crippen LogP) is 2.94. The number of imidazole rings is 1. The molecule has 1 aromatic carbocycles. The first-order valence-corrected chi connectivity index (χ1v) is 6.28. The van der Waals surface area contributed by atoms with E-state index in [-0.39, 0.29) is 17.2 Å². The number of carboxylic acids is 1. The van der Waals surface area contributed by atoms with E-state index in [2.05, 4.69) is 4.98 Å². The summed E-state index contributed by atoms with van der Waals surface area (Å²) in [6.07, 6.45) is 1.62. The number of aromatic nitrogens is 2. The van der Waals surface area contributed by atoms with Gasteiger partial charge < -0.3 is 10.0 Å². The highest BCUT2D eigenvalue weighted by atomic mass is 19.1. The third-order valence-corrected chi connectivity index (χ3v) is 3.25. The standard InChI is InChI=1S/C15H12FN3O2/c1-18(11-7-3-2-6-10(11)16)14-13(15(20)21)19-9-5-4-8-12(19)17-14/h2-9H,1H3,(H,20,21). The second-order valence-electron chi connectivity index (χ2n) is 4.53. The average molecular weight is 285 g/mol. The van der Waals surface area contributed by atoms with Gasteiger partial charge in [0.2, 0.25) is 0 Å². The molecule has 0 aliphatic heterocycles. The Kier molecular flexibility index (Phi) is 3.06. The second kappa shape index (κ2) is 4.90. The lowest BCUT2D eigenvalue weighted by molar-refractivity contribution is 0.0690. The zero-order valence-corrected chi connectivity index (χ0v) is 11.2. The molecular formula is C15H12FN3O2. The molecule has 0 fully saturated rings. The fourth-order valence-corrected chi connectivity index (χ4v) is 2.25. The Labute approximate surface area is 119 Å². The van der Waals surface area contributed by atoms with Crippen LogP contribution in [0.1, 0.15) is 10.5 Å². The molecule has 0 radical (unpaired) electrons. The number of anilines is 2. The number of carboxylic acid groups (broad SMARTS) is 1. The van der Waals surface area contributed by atoms with Crippen LogP contribution in [0.5, 0.6) is 0 Å². The van der Waals surface area contributed by atoms with Crippen LogP contribution in [0.3, 0.4) is 0 Å². The molecule has 0 saturated carbocycles. The highest BCUT2D eigenvalue weighted by Crippen LogP contribution is 2.29. The van der Waals surface area contributed by atoms with Crippen LogP contribution in [-0.2, 0) is 0 Å². The average Bonchev–Trinajstić information content (AvgIpc) is 2.86. The topological polar surface area (TPSA) is 57.8 Å². The van der Waals surface area contributed by atoms with Crippen LogP contribution in [0.2, 0.25) is 0 Å². The first kappa shape index (κ1) is 13.1. The van der Waals surface area contributed by atoms with Gasteiger partial charge in [-0.2, -0.15) is 0 Å². The van der Waals surface area contributed by atoms with Gasteiger partial charge in [-0.3, -0.25) is 4.40 Å². The largest absolute Gasteiger partial charge is 0.476 e. The second-order valence-corrected chi connectivity index (χ2v) is 4.53. The van der Waals surface area contributed by atoms with Crippen LogP contribution in [0, 0.1) is 5.82 Å². The number of rotatable bonds is 3. The minimum absolute atomic E-state index is 0.00338. The molecule has 3 rings (SSSR count). The molecule has 0 amide bonds. The van der Waals surface area contributed by atoms with E-state index in [1.165, 1.54) is 15.4 Å². The lowest BCUT2D eigenvalue weighted by atomic mass is 10.2. The zero-order chi connectivity index (χ0) is 15.0. The van der Waals surface area contributed by atoms with Gasteiger partial charge in [-0.15, -0.1) is 0 Å². The number of para-hydroxylation sites is 1. The fraction of sp³-hybridized carbons (Fsp3) is 0.0667. The summed E-state index contributed by atoms with van der Waals surface area (Å²) in [7, 11) is 1.59. The summed E-state index contributed by atoms with van der Waals surface area (Å²) in [5, 5.41) is 9.44. The molecule has 0 aliphatic rings. The van der Waals surface area contributed by atoms with Crippen molar-refractivity contribution >= 4 is 23.1 Å². The Hall–Kier alpha value is -2.89. The molecule has 1 N–H and O–H groups in total. The number of aromatic carboxylic acids is 1. The van der Waals surface area contributed by atoms with Crippen LogP contribution in [0.15, 0.2) is 48.7 Å². The van der Waals surface area contributed by atoms with Gasteiger partial charge in [0.25, 0.3) is 0 Å². The maximum Gasteiger partial charge on any atom is 0.356 e. The Bertz CT molecular complexity index is 829. The van der Waals surface area contributed by atoms with E-state index in [1.54, 1.807) is 49.6 Å². The molecule has 0 unspecified atom stereocenters. The van der Waals surface area contributed by atoms with Gasteiger partial charge in [-0.05, 0) is 24.3 Å². The molecule has 0 spiro atoms. The molecule has 5 nitrogen and oxygen atoms in total. The van der Waals surface area contributed by atoms with E-state index in [0.717, 1.165) is 0 Å². The summed E-state index contributed by atoms with van der Waals surface area (Å²) in [5.41, 5.74) is 0.757. The Morgan fingerprint density at radius 1 is 1.24 bits per heavy atom.